The summed E-state index contributed by atoms with van der Waals surface area (Å²) in [6, 6.07) is 8.81. The SMILES string of the molecule is CCc1ccc(N2C[C@@H](C)N(C(C)C)[C@@H](C)C2)c(C)c1. The normalized spacial score (nSPS) is 24.4. The van der Waals surface area contributed by atoms with Crippen LogP contribution < -0.4 is 4.90 Å². The molecule has 0 saturated carbocycles. The molecule has 20 heavy (non-hydrogen) atoms. The van der Waals surface area contributed by atoms with Crippen LogP contribution in [0.15, 0.2) is 18.2 Å². The van der Waals surface area contributed by atoms with Crippen molar-refractivity contribution in [3.05, 3.63) is 29.3 Å². The Kier molecular flexibility index (Phi) is 4.74. The zero-order valence-corrected chi connectivity index (χ0v) is 14.0. The Bertz CT molecular complexity index is 441. The lowest BCUT2D eigenvalue weighted by molar-refractivity contribution is 0.0954. The van der Waals surface area contributed by atoms with Crippen LogP contribution in [0.1, 0.15) is 45.7 Å². The van der Waals surface area contributed by atoms with E-state index < -0.39 is 0 Å². The van der Waals surface area contributed by atoms with E-state index in [1.54, 1.807) is 0 Å². The fourth-order valence-electron chi connectivity index (χ4n) is 3.84. The van der Waals surface area contributed by atoms with Crippen LogP contribution in [-0.2, 0) is 6.42 Å². The summed E-state index contributed by atoms with van der Waals surface area (Å²) in [4.78, 5) is 5.22. The number of hydrogen-bond acceptors (Lipinski definition) is 2. The molecule has 0 unspecified atom stereocenters. The minimum absolute atomic E-state index is 0.615. The van der Waals surface area contributed by atoms with E-state index in [9.17, 15) is 0 Å². The number of nitrogens with zero attached hydrogens (tertiary/aromatic N) is 2. The third kappa shape index (κ3) is 3.01. The third-order valence-electron chi connectivity index (χ3n) is 4.59. The molecule has 0 bridgehead atoms. The zero-order valence-electron chi connectivity index (χ0n) is 14.0. The van der Waals surface area contributed by atoms with Crippen LogP contribution >= 0.6 is 0 Å². The second-order valence-electron chi connectivity index (χ2n) is 6.62. The minimum atomic E-state index is 0.615. The standard InChI is InChI=1S/C18H30N2/c1-7-17-8-9-18(14(4)10-17)19-11-15(5)20(13(2)3)16(6)12-19/h8-10,13,15-16H,7,11-12H2,1-6H3/t15-,16+. The lowest BCUT2D eigenvalue weighted by Crippen LogP contribution is -2.59. The highest BCUT2D eigenvalue weighted by molar-refractivity contribution is 5.55. The fraction of sp³-hybridized carbons (Fsp3) is 0.667. The molecule has 112 valence electrons. The van der Waals surface area contributed by atoms with E-state index in [2.05, 4.69) is 69.5 Å². The van der Waals surface area contributed by atoms with Gasteiger partial charge in [-0.05, 0) is 58.2 Å². The molecule has 2 nitrogen and oxygen atoms in total. The number of piperazine rings is 1. The number of rotatable bonds is 3. The van der Waals surface area contributed by atoms with Crippen molar-refractivity contribution in [2.75, 3.05) is 18.0 Å². The van der Waals surface area contributed by atoms with Crippen LogP contribution in [-0.4, -0.2) is 36.1 Å². The molecule has 2 heteroatoms. The monoisotopic (exact) mass is 274 g/mol. The molecule has 0 aliphatic carbocycles. The lowest BCUT2D eigenvalue weighted by Gasteiger charge is -2.47. The van der Waals surface area contributed by atoms with Crippen molar-refractivity contribution in [1.82, 2.24) is 4.90 Å². The van der Waals surface area contributed by atoms with E-state index in [4.69, 9.17) is 0 Å². The summed E-state index contributed by atoms with van der Waals surface area (Å²) < 4.78 is 0. The maximum atomic E-state index is 2.65. The molecular weight excluding hydrogens is 244 g/mol. The molecule has 0 N–H and O–H groups in total. The quantitative estimate of drug-likeness (QED) is 0.825. The van der Waals surface area contributed by atoms with Crippen molar-refractivity contribution in [1.29, 1.82) is 0 Å². The van der Waals surface area contributed by atoms with Crippen LogP contribution in [0.5, 0.6) is 0 Å². The molecule has 2 atom stereocenters. The molecule has 0 aromatic heterocycles. The van der Waals surface area contributed by atoms with Crippen LogP contribution in [0, 0.1) is 6.92 Å². The highest BCUT2D eigenvalue weighted by atomic mass is 15.3. The molecule has 1 aromatic rings. The van der Waals surface area contributed by atoms with Crippen molar-refractivity contribution in [3.63, 3.8) is 0 Å². The van der Waals surface area contributed by atoms with Crippen molar-refractivity contribution in [2.45, 2.75) is 66.1 Å². The van der Waals surface area contributed by atoms with Crippen molar-refractivity contribution < 1.29 is 0 Å². The van der Waals surface area contributed by atoms with E-state index >= 15 is 0 Å². The summed E-state index contributed by atoms with van der Waals surface area (Å²) in [6.45, 7) is 16.1. The molecule has 1 aromatic carbocycles. The van der Waals surface area contributed by atoms with Crippen molar-refractivity contribution in [2.24, 2.45) is 0 Å². The Balaban J connectivity index is 2.19. The Labute approximate surface area is 124 Å². The van der Waals surface area contributed by atoms with Crippen molar-refractivity contribution in [3.8, 4) is 0 Å². The smallest absolute Gasteiger partial charge is 0.0397 e. The van der Waals surface area contributed by atoms with Gasteiger partial charge in [0.1, 0.15) is 0 Å². The van der Waals surface area contributed by atoms with Gasteiger partial charge in [-0.2, -0.15) is 0 Å². The highest BCUT2D eigenvalue weighted by Crippen LogP contribution is 2.27. The minimum Gasteiger partial charge on any atom is -0.368 e. The number of aryl methyl sites for hydroxylation is 2. The van der Waals surface area contributed by atoms with E-state index in [0.29, 0.717) is 18.1 Å². The van der Waals surface area contributed by atoms with E-state index in [1.807, 2.05) is 0 Å². The molecule has 1 fully saturated rings. The first kappa shape index (κ1) is 15.4. The largest absolute Gasteiger partial charge is 0.368 e. The lowest BCUT2D eigenvalue weighted by atomic mass is 10.0. The Morgan fingerprint density at radius 2 is 1.75 bits per heavy atom. The van der Waals surface area contributed by atoms with Gasteiger partial charge in [0, 0.05) is 36.9 Å². The average Bonchev–Trinajstić information content (AvgIpc) is 2.37. The fourth-order valence-corrected chi connectivity index (χ4v) is 3.84. The van der Waals surface area contributed by atoms with Gasteiger partial charge < -0.3 is 4.90 Å². The third-order valence-corrected chi connectivity index (χ3v) is 4.59. The van der Waals surface area contributed by atoms with Gasteiger partial charge in [0.2, 0.25) is 0 Å². The molecule has 0 spiro atoms. The van der Waals surface area contributed by atoms with Gasteiger partial charge in [0.25, 0.3) is 0 Å². The van der Waals surface area contributed by atoms with Crippen molar-refractivity contribution >= 4 is 5.69 Å². The summed E-state index contributed by atoms with van der Waals surface area (Å²) in [6.07, 6.45) is 1.12. The van der Waals surface area contributed by atoms with Gasteiger partial charge in [-0.25, -0.2) is 0 Å². The second kappa shape index (κ2) is 6.17. The molecule has 1 heterocycles. The van der Waals surface area contributed by atoms with Crippen LogP contribution in [0.2, 0.25) is 0 Å². The summed E-state index contributed by atoms with van der Waals surface area (Å²) >= 11 is 0. The first-order chi connectivity index (χ1) is 9.43. The molecule has 1 aliphatic rings. The number of hydrogen-bond donors (Lipinski definition) is 0. The van der Waals surface area contributed by atoms with E-state index in [1.165, 1.54) is 16.8 Å². The van der Waals surface area contributed by atoms with Gasteiger partial charge in [-0.15, -0.1) is 0 Å². The Morgan fingerprint density at radius 1 is 1.15 bits per heavy atom. The van der Waals surface area contributed by atoms with Gasteiger partial charge in [0.05, 0.1) is 0 Å². The summed E-state index contributed by atoms with van der Waals surface area (Å²) in [7, 11) is 0. The van der Waals surface area contributed by atoms with Crippen LogP contribution in [0.4, 0.5) is 5.69 Å². The summed E-state index contributed by atoms with van der Waals surface area (Å²) in [5.74, 6) is 0. The molecule has 0 radical (unpaired) electrons. The number of benzene rings is 1. The molecular formula is C18H30N2. The summed E-state index contributed by atoms with van der Waals surface area (Å²) in [5, 5.41) is 0. The van der Waals surface area contributed by atoms with Gasteiger partial charge in [-0.1, -0.05) is 19.1 Å². The zero-order chi connectivity index (χ0) is 14.9. The number of anilines is 1. The first-order valence-electron chi connectivity index (χ1n) is 8.06. The maximum Gasteiger partial charge on any atom is 0.0397 e. The maximum absolute atomic E-state index is 2.65. The van der Waals surface area contributed by atoms with Crippen LogP contribution in [0.25, 0.3) is 0 Å². The van der Waals surface area contributed by atoms with E-state index in [0.717, 1.165) is 19.5 Å². The molecule has 1 aliphatic heterocycles. The van der Waals surface area contributed by atoms with Crippen LogP contribution in [0.3, 0.4) is 0 Å². The topological polar surface area (TPSA) is 6.48 Å². The van der Waals surface area contributed by atoms with E-state index in [-0.39, 0.29) is 0 Å². The predicted octanol–water partition coefficient (Wildman–Crippen LogP) is 3.86. The Morgan fingerprint density at radius 3 is 2.20 bits per heavy atom. The predicted molar refractivity (Wildman–Crippen MR) is 88.7 cm³/mol. The highest BCUT2D eigenvalue weighted by Gasteiger charge is 2.31. The molecule has 2 rings (SSSR count). The second-order valence-corrected chi connectivity index (χ2v) is 6.62. The first-order valence-corrected chi connectivity index (χ1v) is 8.06. The van der Waals surface area contributed by atoms with Gasteiger partial charge in [0.15, 0.2) is 0 Å². The summed E-state index contributed by atoms with van der Waals surface area (Å²) in [5.41, 5.74) is 4.28. The Hall–Kier alpha value is -1.02. The molecule has 1 saturated heterocycles. The molecule has 0 amide bonds. The average molecular weight is 274 g/mol. The van der Waals surface area contributed by atoms with Gasteiger partial charge >= 0.3 is 0 Å². The van der Waals surface area contributed by atoms with Gasteiger partial charge in [-0.3, -0.25) is 4.90 Å².